The summed E-state index contributed by atoms with van der Waals surface area (Å²) >= 11 is 0. The van der Waals surface area contributed by atoms with Gasteiger partial charge in [0.25, 0.3) is 0 Å². The summed E-state index contributed by atoms with van der Waals surface area (Å²) in [6.45, 7) is 30.1. The molecule has 8 nitrogen and oxygen atoms in total. The van der Waals surface area contributed by atoms with Gasteiger partial charge < -0.3 is 29.2 Å². The Morgan fingerprint density at radius 1 is 0.443 bits per heavy atom. The van der Waals surface area contributed by atoms with Crippen molar-refractivity contribution in [3.05, 3.63) is 117 Å². The van der Waals surface area contributed by atoms with Crippen molar-refractivity contribution >= 4 is 11.9 Å². The molecule has 0 saturated heterocycles. The van der Waals surface area contributed by atoms with Crippen LogP contribution in [-0.2, 0) is 59.0 Å². The quantitative estimate of drug-likeness (QED) is 0.0848. The molecule has 4 aromatic rings. The summed E-state index contributed by atoms with van der Waals surface area (Å²) in [5.74, 6) is 1.48. The number of aryl methyl sites for hydroxylation is 2. The fraction of sp³-hybridized carbons (Fsp3) is 0.509. The van der Waals surface area contributed by atoms with E-state index in [1.54, 1.807) is 0 Å². The van der Waals surface area contributed by atoms with E-state index in [9.17, 15) is 19.8 Å². The average Bonchev–Trinajstić information content (AvgIpc) is 3.16. The van der Waals surface area contributed by atoms with Gasteiger partial charge in [-0.1, -0.05) is 145 Å². The molecule has 0 aliphatic rings. The first-order chi connectivity index (χ1) is 28.2. The Kier molecular flexibility index (Phi) is 15.5. The van der Waals surface area contributed by atoms with Gasteiger partial charge >= 0.3 is 11.9 Å². The van der Waals surface area contributed by atoms with Gasteiger partial charge in [0.1, 0.15) is 49.4 Å². The molecule has 2 N–H and O–H groups in total. The molecule has 0 atom stereocenters. The lowest BCUT2D eigenvalue weighted by atomic mass is 9.78. The first-order valence-electron chi connectivity index (χ1n) is 21.7. The molecular formula is C53H72O8. The molecule has 4 aromatic carbocycles. The normalized spacial score (nSPS) is 12.6. The van der Waals surface area contributed by atoms with Crippen LogP contribution in [0.3, 0.4) is 0 Å². The maximum Gasteiger partial charge on any atom is 0.306 e. The van der Waals surface area contributed by atoms with Crippen molar-refractivity contribution in [1.82, 2.24) is 0 Å². The molecule has 0 spiro atoms. The van der Waals surface area contributed by atoms with Crippen molar-refractivity contribution in [3.63, 3.8) is 0 Å². The Morgan fingerprint density at radius 3 is 0.984 bits per heavy atom. The molecule has 332 valence electrons. The number of rotatable bonds is 16. The highest BCUT2D eigenvalue weighted by molar-refractivity contribution is 5.70. The average molecular weight is 837 g/mol. The van der Waals surface area contributed by atoms with Crippen LogP contribution in [0.2, 0.25) is 0 Å². The zero-order chi connectivity index (χ0) is 45.6. The van der Waals surface area contributed by atoms with E-state index in [0.717, 1.165) is 44.5 Å². The Morgan fingerprint density at radius 2 is 0.721 bits per heavy atom. The van der Waals surface area contributed by atoms with Crippen molar-refractivity contribution in [1.29, 1.82) is 0 Å². The monoisotopic (exact) mass is 837 g/mol. The van der Waals surface area contributed by atoms with Crippen molar-refractivity contribution in [3.8, 4) is 23.0 Å². The van der Waals surface area contributed by atoms with Crippen LogP contribution < -0.4 is 9.47 Å². The summed E-state index contributed by atoms with van der Waals surface area (Å²) in [7, 11) is 0. The van der Waals surface area contributed by atoms with Gasteiger partial charge in [0.15, 0.2) is 0 Å². The lowest BCUT2D eigenvalue weighted by molar-refractivity contribution is -0.145. The van der Waals surface area contributed by atoms with Gasteiger partial charge in [0, 0.05) is 18.3 Å². The Labute approximate surface area is 366 Å². The van der Waals surface area contributed by atoms with Crippen LogP contribution in [0.15, 0.2) is 72.8 Å². The second-order valence-corrected chi connectivity index (χ2v) is 20.9. The molecule has 0 fully saturated rings. The van der Waals surface area contributed by atoms with Crippen LogP contribution in [0.1, 0.15) is 154 Å². The van der Waals surface area contributed by atoms with Gasteiger partial charge in [-0.15, -0.1) is 0 Å². The number of hydrogen-bond donors (Lipinski definition) is 2. The highest BCUT2D eigenvalue weighted by Crippen LogP contribution is 2.41. The van der Waals surface area contributed by atoms with Crippen LogP contribution in [-0.4, -0.2) is 48.6 Å². The van der Waals surface area contributed by atoms with Crippen molar-refractivity contribution in [2.75, 3.05) is 26.4 Å². The fourth-order valence-electron chi connectivity index (χ4n) is 7.33. The largest absolute Gasteiger partial charge is 0.507 e. The van der Waals surface area contributed by atoms with E-state index in [-0.39, 0.29) is 78.3 Å². The Bertz CT molecular complexity index is 1880. The molecule has 0 saturated carbocycles. The molecule has 0 unspecified atom stereocenters. The zero-order valence-electron chi connectivity index (χ0n) is 39.4. The number of esters is 2. The van der Waals surface area contributed by atoms with Gasteiger partial charge in [0.2, 0.25) is 0 Å². The minimum Gasteiger partial charge on any atom is -0.507 e. The molecule has 8 heteroatoms. The van der Waals surface area contributed by atoms with E-state index < -0.39 is 0 Å². The van der Waals surface area contributed by atoms with Gasteiger partial charge in [-0.2, -0.15) is 0 Å². The third-order valence-corrected chi connectivity index (χ3v) is 11.2. The van der Waals surface area contributed by atoms with E-state index in [1.165, 1.54) is 0 Å². The molecule has 0 bridgehead atoms. The molecule has 0 aliphatic heterocycles. The molecule has 0 heterocycles. The zero-order valence-corrected chi connectivity index (χ0v) is 39.4. The summed E-state index contributed by atoms with van der Waals surface area (Å²) < 4.78 is 22.8. The molecule has 0 aromatic heterocycles. The Balaban J connectivity index is 1.20. The molecular weight excluding hydrogens is 765 g/mol. The molecule has 0 amide bonds. The lowest BCUT2D eigenvalue weighted by Gasteiger charge is -2.28. The second-order valence-electron chi connectivity index (χ2n) is 20.9. The number of carbonyl (C=O) groups excluding carboxylic acids is 2. The van der Waals surface area contributed by atoms with Crippen LogP contribution >= 0.6 is 0 Å². The number of carbonyl (C=O) groups is 2. The number of benzene rings is 4. The summed E-state index contributed by atoms with van der Waals surface area (Å²) in [6.07, 6.45) is 1.54. The number of ether oxygens (including phenoxy) is 4. The minimum atomic E-state index is -0.292. The molecule has 0 aliphatic carbocycles. The fourth-order valence-corrected chi connectivity index (χ4v) is 7.33. The highest BCUT2D eigenvalue weighted by atomic mass is 16.6. The first-order valence-corrected chi connectivity index (χ1v) is 21.7. The second kappa shape index (κ2) is 19.4. The third-order valence-electron chi connectivity index (χ3n) is 11.2. The SMILES string of the molecule is CC(C)(C)c1cc(CCC(=O)OCCOc2ccc(C(C)(C)c3ccc(OCCOC(=O)CCc4cc(C(C)(C)C)c(O)c(C(C)(C)C)c4)cc3)cc2)cc(C(C)(C)C)c1O. The van der Waals surface area contributed by atoms with Gasteiger partial charge in [-0.3, -0.25) is 9.59 Å². The summed E-state index contributed by atoms with van der Waals surface area (Å²) in [6, 6.07) is 23.9. The molecule has 0 radical (unpaired) electrons. The van der Waals surface area contributed by atoms with Crippen LogP contribution in [0.4, 0.5) is 0 Å². The van der Waals surface area contributed by atoms with E-state index in [4.69, 9.17) is 18.9 Å². The lowest BCUT2D eigenvalue weighted by Crippen LogP contribution is -2.19. The van der Waals surface area contributed by atoms with E-state index in [0.29, 0.717) is 35.8 Å². The van der Waals surface area contributed by atoms with Crippen LogP contribution in [0, 0.1) is 0 Å². The molecule has 61 heavy (non-hydrogen) atoms. The Hall–Kier alpha value is -4.98. The van der Waals surface area contributed by atoms with E-state index in [1.807, 2.05) is 72.8 Å². The summed E-state index contributed by atoms with van der Waals surface area (Å²) in [4.78, 5) is 25.3. The predicted octanol–water partition coefficient (Wildman–Crippen LogP) is 11.7. The number of aromatic hydroxyl groups is 2. The van der Waals surface area contributed by atoms with Gasteiger partial charge in [0.05, 0.1) is 0 Å². The van der Waals surface area contributed by atoms with Crippen molar-refractivity contribution < 1.29 is 38.7 Å². The number of hydrogen-bond acceptors (Lipinski definition) is 8. The van der Waals surface area contributed by atoms with Crippen molar-refractivity contribution in [2.24, 2.45) is 0 Å². The maximum atomic E-state index is 12.6. The standard InChI is InChI=1S/C53H72O8/c1-49(2,3)41-31-35(32-42(47(41)56)50(4,5)6)15-25-45(54)60-29-27-58-39-21-17-37(18-22-39)53(13,14)38-19-23-40(24-20-38)59-28-30-61-46(55)26-16-36-33-43(51(7,8)9)48(57)44(34-36)52(10,11)12/h17-24,31-34,56-57H,15-16,25-30H2,1-14H3. The van der Waals surface area contributed by atoms with E-state index >= 15 is 0 Å². The van der Waals surface area contributed by atoms with Gasteiger partial charge in [-0.05, 0) is 103 Å². The van der Waals surface area contributed by atoms with Crippen LogP contribution in [0.5, 0.6) is 23.0 Å². The highest BCUT2D eigenvalue weighted by Gasteiger charge is 2.28. The summed E-state index contributed by atoms with van der Waals surface area (Å²) in [5, 5.41) is 22.0. The first kappa shape index (κ1) is 48.7. The maximum absolute atomic E-state index is 12.6. The van der Waals surface area contributed by atoms with Gasteiger partial charge in [-0.25, -0.2) is 0 Å². The van der Waals surface area contributed by atoms with Crippen molar-refractivity contribution in [2.45, 2.75) is 150 Å². The minimum absolute atomic E-state index is 0.150. The smallest absolute Gasteiger partial charge is 0.306 e. The topological polar surface area (TPSA) is 112 Å². The van der Waals surface area contributed by atoms with Crippen LogP contribution in [0.25, 0.3) is 0 Å². The predicted molar refractivity (Wildman–Crippen MR) is 246 cm³/mol. The number of phenolic OH excluding ortho intramolecular Hbond substituents is 2. The summed E-state index contributed by atoms with van der Waals surface area (Å²) in [5.41, 5.74) is 6.54. The third kappa shape index (κ3) is 13.5. The van der Waals surface area contributed by atoms with E-state index in [2.05, 4.69) is 96.9 Å². The molecule has 4 rings (SSSR count). The number of phenols is 2.